The third-order valence-electron chi connectivity index (χ3n) is 2.90. The van der Waals surface area contributed by atoms with E-state index in [1.165, 1.54) is 32.5 Å². The van der Waals surface area contributed by atoms with Crippen LogP contribution in [0.5, 0.6) is 0 Å². The van der Waals surface area contributed by atoms with E-state index in [1.54, 1.807) is 6.41 Å². The quantitative estimate of drug-likeness (QED) is 0.504. The van der Waals surface area contributed by atoms with E-state index in [0.29, 0.717) is 0 Å². The van der Waals surface area contributed by atoms with E-state index in [2.05, 4.69) is 17.1 Å². The molecule has 1 N–H and O–H groups in total. The first kappa shape index (κ1) is 10.5. The molecule has 13 heavy (non-hydrogen) atoms. The molecule has 0 bridgehead atoms. The molecule has 1 aliphatic heterocycles. The van der Waals surface area contributed by atoms with Gasteiger partial charge in [-0.25, -0.2) is 0 Å². The van der Waals surface area contributed by atoms with Crippen molar-refractivity contribution in [3.63, 3.8) is 0 Å². The van der Waals surface area contributed by atoms with Gasteiger partial charge in [0.25, 0.3) is 0 Å². The van der Waals surface area contributed by atoms with Crippen molar-refractivity contribution >= 4 is 6.41 Å². The SMILES string of the molecule is CCN1CCC(CCN[C]=O)CC1. The molecule has 1 fully saturated rings. The summed E-state index contributed by atoms with van der Waals surface area (Å²) in [7, 11) is 0. The molecule has 1 aliphatic rings. The molecule has 3 heteroatoms. The van der Waals surface area contributed by atoms with E-state index < -0.39 is 0 Å². The molecule has 1 saturated heterocycles. The minimum Gasteiger partial charge on any atom is -0.348 e. The number of carbonyl (C=O) groups excluding carboxylic acids is 1. The molecule has 3 nitrogen and oxygen atoms in total. The molecule has 0 saturated carbocycles. The van der Waals surface area contributed by atoms with Crippen LogP contribution in [-0.2, 0) is 4.79 Å². The van der Waals surface area contributed by atoms with Crippen LogP contribution in [0.25, 0.3) is 0 Å². The summed E-state index contributed by atoms with van der Waals surface area (Å²) < 4.78 is 0. The van der Waals surface area contributed by atoms with Crippen molar-refractivity contribution in [2.45, 2.75) is 26.2 Å². The lowest BCUT2D eigenvalue weighted by atomic mass is 9.94. The number of rotatable bonds is 5. The first-order valence-electron chi connectivity index (χ1n) is 5.19. The summed E-state index contributed by atoms with van der Waals surface area (Å²) in [5, 5.41) is 2.60. The molecule has 1 amide bonds. The summed E-state index contributed by atoms with van der Waals surface area (Å²) in [4.78, 5) is 12.4. The molecule has 0 spiro atoms. The lowest BCUT2D eigenvalue weighted by molar-refractivity contribution is 0.187. The molecule has 0 aromatic carbocycles. The minimum absolute atomic E-state index is 0.792. The Morgan fingerprint density at radius 1 is 1.46 bits per heavy atom. The maximum atomic E-state index is 9.90. The zero-order valence-electron chi connectivity index (χ0n) is 8.38. The van der Waals surface area contributed by atoms with Gasteiger partial charge in [0.1, 0.15) is 0 Å². The van der Waals surface area contributed by atoms with E-state index >= 15 is 0 Å². The van der Waals surface area contributed by atoms with Crippen molar-refractivity contribution in [2.75, 3.05) is 26.2 Å². The highest BCUT2D eigenvalue weighted by molar-refractivity contribution is 5.46. The van der Waals surface area contributed by atoms with Gasteiger partial charge in [-0.3, -0.25) is 4.79 Å². The van der Waals surface area contributed by atoms with Gasteiger partial charge in [-0.1, -0.05) is 6.92 Å². The van der Waals surface area contributed by atoms with Crippen molar-refractivity contribution in [3.8, 4) is 0 Å². The zero-order valence-corrected chi connectivity index (χ0v) is 8.38. The van der Waals surface area contributed by atoms with Gasteiger partial charge in [0.15, 0.2) is 0 Å². The fourth-order valence-corrected chi connectivity index (χ4v) is 1.92. The summed E-state index contributed by atoms with van der Waals surface area (Å²) in [6, 6.07) is 0. The van der Waals surface area contributed by atoms with Gasteiger partial charge >= 0.3 is 6.41 Å². The van der Waals surface area contributed by atoms with Crippen molar-refractivity contribution in [2.24, 2.45) is 5.92 Å². The standard InChI is InChI=1S/C10H19N2O/c1-2-12-7-4-10(5-8-12)3-6-11-9-13/h10H,2-8H2,1H3,(H,11,13). The number of likely N-dealkylation sites (tertiary alicyclic amines) is 1. The molecule has 0 aromatic heterocycles. The molecule has 1 heterocycles. The first-order valence-corrected chi connectivity index (χ1v) is 5.19. The van der Waals surface area contributed by atoms with Gasteiger partial charge < -0.3 is 10.2 Å². The molecule has 0 aliphatic carbocycles. The van der Waals surface area contributed by atoms with Crippen LogP contribution in [0.15, 0.2) is 0 Å². The van der Waals surface area contributed by atoms with Crippen molar-refractivity contribution in [1.29, 1.82) is 0 Å². The summed E-state index contributed by atoms with van der Waals surface area (Å²) in [6.07, 6.45) is 5.41. The van der Waals surface area contributed by atoms with Gasteiger partial charge in [-0.15, -0.1) is 0 Å². The Kier molecular flexibility index (Phi) is 4.83. The second-order valence-corrected chi connectivity index (χ2v) is 3.70. The molecule has 1 rings (SSSR count). The topological polar surface area (TPSA) is 32.3 Å². The molecule has 75 valence electrons. The van der Waals surface area contributed by atoms with Crippen LogP contribution < -0.4 is 5.32 Å². The van der Waals surface area contributed by atoms with Gasteiger partial charge in [-0.05, 0) is 44.8 Å². The monoisotopic (exact) mass is 183 g/mol. The fraction of sp³-hybridized carbons (Fsp3) is 0.900. The van der Waals surface area contributed by atoms with Crippen molar-refractivity contribution in [1.82, 2.24) is 10.2 Å². The predicted molar refractivity (Wildman–Crippen MR) is 53.2 cm³/mol. The van der Waals surface area contributed by atoms with E-state index in [9.17, 15) is 4.79 Å². The lowest BCUT2D eigenvalue weighted by Crippen LogP contribution is -2.34. The van der Waals surface area contributed by atoms with E-state index in [4.69, 9.17) is 0 Å². The number of hydrogen-bond donors (Lipinski definition) is 1. The highest BCUT2D eigenvalue weighted by Gasteiger charge is 2.17. The van der Waals surface area contributed by atoms with Gasteiger partial charge in [0, 0.05) is 6.54 Å². The van der Waals surface area contributed by atoms with Crippen LogP contribution in [0.4, 0.5) is 0 Å². The Bertz CT molecular complexity index is 142. The molecule has 1 radical (unpaired) electrons. The highest BCUT2D eigenvalue weighted by atomic mass is 16.1. The number of nitrogens with zero attached hydrogens (tertiary/aromatic N) is 1. The predicted octanol–water partition coefficient (Wildman–Crippen LogP) is 0.765. The molecular formula is C10H19N2O. The largest absolute Gasteiger partial charge is 0.348 e. The molecular weight excluding hydrogens is 164 g/mol. The number of piperidine rings is 1. The summed E-state index contributed by atoms with van der Waals surface area (Å²) in [5.74, 6) is 0.809. The van der Waals surface area contributed by atoms with Crippen LogP contribution in [0, 0.1) is 5.92 Å². The fourth-order valence-electron chi connectivity index (χ4n) is 1.92. The number of amides is 1. The maximum Gasteiger partial charge on any atom is 0.309 e. The van der Waals surface area contributed by atoms with E-state index in [1.807, 2.05) is 0 Å². The Morgan fingerprint density at radius 3 is 2.69 bits per heavy atom. The second-order valence-electron chi connectivity index (χ2n) is 3.70. The molecule has 0 aromatic rings. The summed E-state index contributed by atoms with van der Waals surface area (Å²) in [6.45, 7) is 6.63. The highest BCUT2D eigenvalue weighted by Crippen LogP contribution is 2.19. The van der Waals surface area contributed by atoms with Crippen LogP contribution in [0.2, 0.25) is 0 Å². The zero-order chi connectivity index (χ0) is 9.52. The Labute approximate surface area is 80.5 Å². The normalized spacial score (nSPS) is 20.1. The van der Waals surface area contributed by atoms with E-state index in [-0.39, 0.29) is 0 Å². The first-order chi connectivity index (χ1) is 6.36. The maximum absolute atomic E-state index is 9.90. The second kappa shape index (κ2) is 5.97. The molecule has 0 unspecified atom stereocenters. The number of nitrogens with one attached hydrogen (secondary N) is 1. The van der Waals surface area contributed by atoms with Crippen molar-refractivity contribution < 1.29 is 4.79 Å². The minimum atomic E-state index is 0.792. The average Bonchev–Trinajstić information content (AvgIpc) is 2.19. The van der Waals surface area contributed by atoms with Crippen LogP contribution in [-0.4, -0.2) is 37.5 Å². The smallest absolute Gasteiger partial charge is 0.309 e. The van der Waals surface area contributed by atoms with Crippen LogP contribution in [0.3, 0.4) is 0 Å². The van der Waals surface area contributed by atoms with Gasteiger partial charge in [-0.2, -0.15) is 0 Å². The number of hydrogen-bond acceptors (Lipinski definition) is 2. The average molecular weight is 183 g/mol. The molecule has 0 atom stereocenters. The van der Waals surface area contributed by atoms with Crippen LogP contribution in [0.1, 0.15) is 26.2 Å². The summed E-state index contributed by atoms with van der Waals surface area (Å²) in [5.41, 5.74) is 0. The third kappa shape index (κ3) is 3.77. The lowest BCUT2D eigenvalue weighted by Gasteiger charge is -2.30. The Hall–Kier alpha value is -0.570. The van der Waals surface area contributed by atoms with Crippen LogP contribution >= 0.6 is 0 Å². The van der Waals surface area contributed by atoms with Gasteiger partial charge in [0.05, 0.1) is 0 Å². The summed E-state index contributed by atoms with van der Waals surface area (Å²) >= 11 is 0. The van der Waals surface area contributed by atoms with Gasteiger partial charge in [0.2, 0.25) is 0 Å². The Balaban J connectivity index is 2.06. The Morgan fingerprint density at radius 2 is 2.15 bits per heavy atom. The van der Waals surface area contributed by atoms with E-state index in [0.717, 1.165) is 18.9 Å². The third-order valence-corrected chi connectivity index (χ3v) is 2.90. The van der Waals surface area contributed by atoms with Crippen molar-refractivity contribution in [3.05, 3.63) is 0 Å².